The summed E-state index contributed by atoms with van der Waals surface area (Å²) in [6.07, 6.45) is 0. The van der Waals surface area contributed by atoms with Gasteiger partial charge < -0.3 is 14.8 Å². The minimum atomic E-state index is 0.257. The molecule has 0 saturated heterocycles. The van der Waals surface area contributed by atoms with Gasteiger partial charge in [-0.25, -0.2) is 0 Å². The van der Waals surface area contributed by atoms with Crippen molar-refractivity contribution in [1.82, 2.24) is 5.32 Å². The Morgan fingerprint density at radius 3 is 2.47 bits per heavy atom. The maximum Gasteiger partial charge on any atom is 0.0701 e. The second-order valence-corrected chi connectivity index (χ2v) is 4.74. The Kier molecular flexibility index (Phi) is 7.72. The molecule has 1 aromatic carbocycles. The van der Waals surface area contributed by atoms with Crippen LogP contribution in [-0.4, -0.2) is 33.0 Å². The van der Waals surface area contributed by atoms with E-state index in [1.807, 2.05) is 6.92 Å². The molecule has 0 fully saturated rings. The lowest BCUT2D eigenvalue weighted by atomic mass is 9.99. The van der Waals surface area contributed by atoms with Gasteiger partial charge in [0.1, 0.15) is 0 Å². The Bertz CT molecular complexity index is 366. The number of hydrogen-bond acceptors (Lipinski definition) is 3. The smallest absolute Gasteiger partial charge is 0.0701 e. The topological polar surface area (TPSA) is 30.5 Å². The number of rotatable bonds is 9. The van der Waals surface area contributed by atoms with E-state index >= 15 is 0 Å². The molecular weight excluding hydrogens is 238 g/mol. The molecule has 0 aromatic heterocycles. The molecule has 0 bridgehead atoms. The predicted octanol–water partition coefficient (Wildman–Crippen LogP) is 3.01. The number of likely N-dealkylation sites (N-methyl/N-ethyl adjacent to an activating group) is 1. The third-order valence-corrected chi connectivity index (χ3v) is 3.11. The molecule has 3 heteroatoms. The molecular formula is C16H27NO2. The molecule has 108 valence electrons. The van der Waals surface area contributed by atoms with E-state index in [2.05, 4.69) is 44.3 Å². The van der Waals surface area contributed by atoms with Crippen molar-refractivity contribution in [2.24, 2.45) is 0 Å². The summed E-state index contributed by atoms with van der Waals surface area (Å²) >= 11 is 0. The van der Waals surface area contributed by atoms with Crippen molar-refractivity contribution in [3.05, 3.63) is 34.9 Å². The van der Waals surface area contributed by atoms with Gasteiger partial charge in [0, 0.05) is 6.61 Å². The van der Waals surface area contributed by atoms with Gasteiger partial charge in [0.15, 0.2) is 0 Å². The average Bonchev–Trinajstić information content (AvgIpc) is 2.38. The minimum absolute atomic E-state index is 0.257. The summed E-state index contributed by atoms with van der Waals surface area (Å²) in [5.41, 5.74) is 3.94. The fraction of sp³-hybridized carbons (Fsp3) is 0.625. The van der Waals surface area contributed by atoms with Crippen molar-refractivity contribution in [3.63, 3.8) is 0 Å². The molecule has 0 aliphatic rings. The molecule has 1 unspecified atom stereocenters. The number of benzene rings is 1. The van der Waals surface area contributed by atoms with Crippen LogP contribution >= 0.6 is 0 Å². The van der Waals surface area contributed by atoms with Gasteiger partial charge in [-0.1, -0.05) is 30.7 Å². The monoisotopic (exact) mass is 265 g/mol. The van der Waals surface area contributed by atoms with Crippen LogP contribution in [0.5, 0.6) is 0 Å². The Morgan fingerprint density at radius 2 is 1.84 bits per heavy atom. The van der Waals surface area contributed by atoms with Crippen LogP contribution in [0.1, 0.15) is 36.6 Å². The number of aryl methyl sites for hydroxylation is 2. The second kappa shape index (κ2) is 9.08. The quantitative estimate of drug-likeness (QED) is 0.696. The summed E-state index contributed by atoms with van der Waals surface area (Å²) in [7, 11) is 0. The molecule has 1 rings (SSSR count). The van der Waals surface area contributed by atoms with Crippen LogP contribution in [-0.2, 0) is 9.47 Å². The summed E-state index contributed by atoms with van der Waals surface area (Å²) < 4.78 is 11.0. The first-order valence-electron chi connectivity index (χ1n) is 7.15. The van der Waals surface area contributed by atoms with Gasteiger partial charge in [-0.3, -0.25) is 0 Å². The first kappa shape index (κ1) is 16.2. The van der Waals surface area contributed by atoms with Gasteiger partial charge in [-0.2, -0.15) is 0 Å². The van der Waals surface area contributed by atoms with Crippen molar-refractivity contribution in [2.45, 2.75) is 33.7 Å². The lowest BCUT2D eigenvalue weighted by Crippen LogP contribution is -2.26. The van der Waals surface area contributed by atoms with E-state index in [0.29, 0.717) is 19.8 Å². The van der Waals surface area contributed by atoms with Crippen molar-refractivity contribution >= 4 is 0 Å². The molecule has 0 radical (unpaired) electrons. The summed E-state index contributed by atoms with van der Waals surface area (Å²) in [5, 5.41) is 3.48. The molecule has 1 aromatic rings. The van der Waals surface area contributed by atoms with Gasteiger partial charge >= 0.3 is 0 Å². The van der Waals surface area contributed by atoms with E-state index in [-0.39, 0.29) is 6.04 Å². The number of ether oxygens (including phenoxy) is 2. The summed E-state index contributed by atoms with van der Waals surface area (Å²) in [6.45, 7) is 12.1. The number of nitrogens with one attached hydrogen (secondary N) is 1. The highest BCUT2D eigenvalue weighted by Crippen LogP contribution is 2.19. The first-order valence-corrected chi connectivity index (χ1v) is 7.15. The minimum Gasteiger partial charge on any atom is -0.379 e. The maximum absolute atomic E-state index is 5.70. The predicted molar refractivity (Wildman–Crippen MR) is 79.6 cm³/mol. The van der Waals surface area contributed by atoms with Gasteiger partial charge in [-0.15, -0.1) is 0 Å². The molecule has 1 atom stereocenters. The van der Waals surface area contributed by atoms with E-state index < -0.39 is 0 Å². The molecule has 0 saturated carbocycles. The summed E-state index contributed by atoms with van der Waals surface area (Å²) in [5.74, 6) is 0. The Hall–Kier alpha value is -0.900. The lowest BCUT2D eigenvalue weighted by Gasteiger charge is -2.21. The van der Waals surface area contributed by atoms with Crippen LogP contribution in [0, 0.1) is 13.8 Å². The summed E-state index contributed by atoms with van der Waals surface area (Å²) in [4.78, 5) is 0. The lowest BCUT2D eigenvalue weighted by molar-refractivity contribution is 0.0434. The van der Waals surface area contributed by atoms with E-state index in [9.17, 15) is 0 Å². The van der Waals surface area contributed by atoms with Crippen LogP contribution in [0.3, 0.4) is 0 Å². The van der Waals surface area contributed by atoms with Crippen LogP contribution in [0.4, 0.5) is 0 Å². The Labute approximate surface area is 117 Å². The molecule has 0 aliphatic heterocycles. The number of hydrogen-bond donors (Lipinski definition) is 1. The van der Waals surface area contributed by atoms with Crippen molar-refractivity contribution in [1.29, 1.82) is 0 Å². The first-order chi connectivity index (χ1) is 9.19. The van der Waals surface area contributed by atoms with Gasteiger partial charge in [0.2, 0.25) is 0 Å². The van der Waals surface area contributed by atoms with Crippen molar-refractivity contribution in [2.75, 3.05) is 33.0 Å². The van der Waals surface area contributed by atoms with Crippen LogP contribution in [0.15, 0.2) is 18.2 Å². The highest BCUT2D eigenvalue weighted by molar-refractivity contribution is 5.32. The third-order valence-electron chi connectivity index (χ3n) is 3.11. The molecule has 0 heterocycles. The van der Waals surface area contributed by atoms with E-state index in [1.165, 1.54) is 16.7 Å². The zero-order chi connectivity index (χ0) is 14.1. The molecule has 0 aliphatic carbocycles. The van der Waals surface area contributed by atoms with Gasteiger partial charge in [-0.05, 0) is 38.4 Å². The van der Waals surface area contributed by atoms with Crippen molar-refractivity contribution < 1.29 is 9.47 Å². The molecule has 3 nitrogen and oxygen atoms in total. The highest BCUT2D eigenvalue weighted by Gasteiger charge is 2.12. The SMILES string of the molecule is CCNC(COCCOCC)c1ccc(C)cc1C. The molecule has 0 spiro atoms. The van der Waals surface area contributed by atoms with Gasteiger partial charge in [0.25, 0.3) is 0 Å². The highest BCUT2D eigenvalue weighted by atomic mass is 16.5. The van der Waals surface area contributed by atoms with E-state index in [4.69, 9.17) is 9.47 Å². The van der Waals surface area contributed by atoms with Gasteiger partial charge in [0.05, 0.1) is 25.9 Å². The fourth-order valence-corrected chi connectivity index (χ4v) is 2.19. The van der Waals surface area contributed by atoms with Crippen LogP contribution in [0.2, 0.25) is 0 Å². The van der Waals surface area contributed by atoms with E-state index in [1.54, 1.807) is 0 Å². The van der Waals surface area contributed by atoms with Crippen LogP contribution < -0.4 is 5.32 Å². The maximum atomic E-state index is 5.70. The van der Waals surface area contributed by atoms with Crippen molar-refractivity contribution in [3.8, 4) is 0 Å². The van der Waals surface area contributed by atoms with Crippen LogP contribution in [0.25, 0.3) is 0 Å². The molecule has 1 N–H and O–H groups in total. The summed E-state index contributed by atoms with van der Waals surface area (Å²) in [6, 6.07) is 6.84. The average molecular weight is 265 g/mol. The Morgan fingerprint density at radius 1 is 1.11 bits per heavy atom. The normalized spacial score (nSPS) is 12.6. The largest absolute Gasteiger partial charge is 0.379 e. The standard InChI is InChI=1S/C16H27NO2/c1-5-17-16(12-19-10-9-18-6-2)15-8-7-13(3)11-14(15)4/h7-8,11,16-17H,5-6,9-10,12H2,1-4H3. The third kappa shape index (κ3) is 5.72. The second-order valence-electron chi connectivity index (χ2n) is 4.74. The zero-order valence-corrected chi connectivity index (χ0v) is 12.7. The zero-order valence-electron chi connectivity index (χ0n) is 12.7. The molecule has 0 amide bonds. The molecule has 19 heavy (non-hydrogen) atoms. The fourth-order valence-electron chi connectivity index (χ4n) is 2.19. The van der Waals surface area contributed by atoms with E-state index in [0.717, 1.165) is 13.2 Å². The Balaban J connectivity index is 2.55.